The molecule has 0 unspecified atom stereocenters. The molecular formula is C55H50IrN2SSi-2. The summed E-state index contributed by atoms with van der Waals surface area (Å²) < 4.78 is 43.4. The molecule has 0 bridgehead atoms. The van der Waals surface area contributed by atoms with E-state index >= 15 is 0 Å². The molecular weight excluding hydrogens is 941 g/mol. The molecule has 2 nitrogen and oxygen atoms in total. The Morgan fingerprint density at radius 3 is 1.93 bits per heavy atom. The van der Waals surface area contributed by atoms with Crippen LogP contribution in [0.15, 0.2) is 164 Å². The van der Waals surface area contributed by atoms with E-state index in [1.807, 2.05) is 87.6 Å². The maximum atomic E-state index is 8.79. The van der Waals surface area contributed by atoms with Crippen LogP contribution in [-0.4, -0.2) is 18.0 Å². The molecule has 0 fully saturated rings. The van der Waals surface area contributed by atoms with Crippen molar-refractivity contribution in [3.05, 3.63) is 187 Å². The van der Waals surface area contributed by atoms with E-state index in [0.717, 1.165) is 32.8 Å². The summed E-state index contributed by atoms with van der Waals surface area (Å²) in [4.78, 5) is 9.28. The van der Waals surface area contributed by atoms with Gasteiger partial charge in [0, 0.05) is 44.1 Å². The molecule has 0 aliphatic carbocycles. The van der Waals surface area contributed by atoms with Gasteiger partial charge in [-0.05, 0) is 84.5 Å². The number of thiophene rings is 1. The Bertz CT molecular complexity index is 3070. The van der Waals surface area contributed by atoms with E-state index in [-0.39, 0.29) is 20.1 Å². The Kier molecular flexibility index (Phi) is 11.0. The van der Waals surface area contributed by atoms with Gasteiger partial charge in [-0.1, -0.05) is 173 Å². The Morgan fingerprint density at radius 2 is 1.32 bits per heavy atom. The summed E-state index contributed by atoms with van der Waals surface area (Å²) in [6.07, 6.45) is 2.16. The Morgan fingerprint density at radius 1 is 0.650 bits per heavy atom. The molecule has 1 radical (unpaired) electrons. The van der Waals surface area contributed by atoms with Crippen molar-refractivity contribution in [1.29, 1.82) is 0 Å². The maximum Gasteiger partial charge on any atom is 0.0795 e. The van der Waals surface area contributed by atoms with E-state index < -0.39 is 26.7 Å². The van der Waals surface area contributed by atoms with Crippen LogP contribution in [0.5, 0.6) is 0 Å². The summed E-state index contributed by atoms with van der Waals surface area (Å²) in [5.74, 6) is 0. The first-order valence-electron chi connectivity index (χ1n) is 22.5. The summed E-state index contributed by atoms with van der Waals surface area (Å²) in [5, 5.41) is 3.67. The number of rotatable bonds is 7. The quantitative estimate of drug-likeness (QED) is 0.117. The van der Waals surface area contributed by atoms with Crippen molar-refractivity contribution in [1.82, 2.24) is 9.97 Å². The van der Waals surface area contributed by atoms with Crippen molar-refractivity contribution < 1.29 is 27.0 Å². The molecule has 6 aromatic carbocycles. The number of hydrogen-bond acceptors (Lipinski definition) is 3. The predicted molar refractivity (Wildman–Crippen MR) is 257 cm³/mol. The van der Waals surface area contributed by atoms with E-state index in [1.54, 1.807) is 29.7 Å². The summed E-state index contributed by atoms with van der Waals surface area (Å²) >= 11 is 1.76. The normalized spacial score (nSPS) is 13.2. The fourth-order valence-corrected chi connectivity index (χ4v) is 9.59. The van der Waals surface area contributed by atoms with Gasteiger partial charge < -0.3 is 9.97 Å². The van der Waals surface area contributed by atoms with Crippen LogP contribution in [-0.2, 0) is 26.5 Å². The van der Waals surface area contributed by atoms with E-state index in [4.69, 9.17) is 6.85 Å². The van der Waals surface area contributed by atoms with E-state index in [1.165, 1.54) is 42.9 Å². The minimum Gasteiger partial charge on any atom is -0.305 e. The number of benzene rings is 6. The molecule has 60 heavy (non-hydrogen) atoms. The Labute approximate surface area is 381 Å². The van der Waals surface area contributed by atoms with E-state index in [0.29, 0.717) is 16.7 Å². The monoisotopic (exact) mass is 996 g/mol. The fourth-order valence-electron chi connectivity index (χ4n) is 7.23. The van der Waals surface area contributed by atoms with Crippen LogP contribution in [0.2, 0.25) is 19.6 Å². The molecule has 9 aromatic rings. The van der Waals surface area contributed by atoms with Crippen molar-refractivity contribution in [2.24, 2.45) is 5.41 Å². The molecule has 9 rings (SSSR count). The van der Waals surface area contributed by atoms with Crippen molar-refractivity contribution in [2.45, 2.75) is 53.6 Å². The SMILES string of the molecule is [2H]C([2H])([2H])c1c[c-]c(-c2ccc([Si](C)(C)C)cn2)cc1-c1ccccc1.[2H]C([2H])(c1ccnc(-c2[c-]ccc3c2sc2c(-c4ccccc4)cc(-c4ccccc4)cc23)c1)C(C)(C)C.[Ir]. The largest absolute Gasteiger partial charge is 0.305 e. The van der Waals surface area contributed by atoms with Crippen LogP contribution < -0.4 is 5.19 Å². The third kappa shape index (κ3) is 9.67. The second-order valence-electron chi connectivity index (χ2n) is 16.9. The average Bonchev–Trinajstić information content (AvgIpc) is 3.68. The molecule has 0 spiro atoms. The van der Waals surface area contributed by atoms with Crippen LogP contribution in [0.1, 0.15) is 38.8 Å². The van der Waals surface area contributed by atoms with Gasteiger partial charge in [-0.3, -0.25) is 0 Å². The molecule has 3 aromatic heterocycles. The van der Waals surface area contributed by atoms with Gasteiger partial charge in [-0.25, -0.2) is 0 Å². The van der Waals surface area contributed by atoms with Gasteiger partial charge in [0.2, 0.25) is 0 Å². The number of aryl methyl sites for hydroxylation is 1. The predicted octanol–water partition coefficient (Wildman–Crippen LogP) is 14.9. The fraction of sp³-hybridized carbons (Fsp3) is 0.164. The molecule has 0 aliphatic heterocycles. The standard InChI is InChI=1S/C34H28NS.C21H22NSi.Ir/c1-34(2,3)22-23-17-18-35-31(19-23)28-16-10-15-27-30-21-26(24-11-6-4-7-12-24)20-29(33(30)36-32(27)28)25-13-8-5-9-14-25;1-16-10-11-18(14-20(16)17-8-6-5-7-9-17)21-13-12-19(15-22-21)23(2,3)4;/h4-15,17-21H,22H2,1-3H3;5-10,12-15H,1-4H3;/q2*-1;/i22D2;1D3;. The van der Waals surface area contributed by atoms with Gasteiger partial charge in [-0.15, -0.1) is 53.1 Å². The number of nitrogens with zero attached hydrogens (tertiary/aromatic N) is 2. The van der Waals surface area contributed by atoms with Crippen molar-refractivity contribution >= 4 is 44.8 Å². The third-order valence-electron chi connectivity index (χ3n) is 10.2. The molecule has 5 heteroatoms. The second kappa shape index (κ2) is 18.1. The van der Waals surface area contributed by atoms with Gasteiger partial charge in [0.1, 0.15) is 0 Å². The van der Waals surface area contributed by atoms with Gasteiger partial charge in [0.25, 0.3) is 0 Å². The third-order valence-corrected chi connectivity index (χ3v) is 13.5. The summed E-state index contributed by atoms with van der Waals surface area (Å²) in [6, 6.07) is 57.2. The Balaban J connectivity index is 0.000000205. The average molecular weight is 996 g/mol. The van der Waals surface area contributed by atoms with Crippen LogP contribution >= 0.6 is 11.3 Å². The van der Waals surface area contributed by atoms with E-state index in [9.17, 15) is 0 Å². The number of fused-ring (bicyclic) bond motifs is 3. The van der Waals surface area contributed by atoms with E-state index in [2.05, 4.69) is 121 Å². The smallest absolute Gasteiger partial charge is 0.0795 e. The zero-order valence-electron chi connectivity index (χ0n) is 39.7. The van der Waals surface area contributed by atoms with Crippen LogP contribution in [0.4, 0.5) is 0 Å². The summed E-state index contributed by atoms with van der Waals surface area (Å²) in [6.45, 7) is 10.5. The number of pyridine rings is 2. The first-order valence-corrected chi connectivity index (χ1v) is 24.3. The number of aromatic nitrogens is 2. The molecule has 3 heterocycles. The van der Waals surface area contributed by atoms with Gasteiger partial charge in [0.05, 0.1) is 8.07 Å². The molecule has 0 aliphatic rings. The van der Waals surface area contributed by atoms with Crippen molar-refractivity contribution in [3.63, 3.8) is 0 Å². The van der Waals surface area contributed by atoms with Crippen molar-refractivity contribution in [2.75, 3.05) is 0 Å². The van der Waals surface area contributed by atoms with Gasteiger partial charge >= 0.3 is 0 Å². The molecule has 0 atom stereocenters. The molecule has 0 saturated carbocycles. The number of hydrogen-bond donors (Lipinski definition) is 0. The van der Waals surface area contributed by atoms with Crippen molar-refractivity contribution in [3.8, 4) is 55.9 Å². The molecule has 301 valence electrons. The minimum absolute atomic E-state index is 0. The zero-order valence-corrected chi connectivity index (χ0v) is 38.9. The second-order valence-corrected chi connectivity index (χ2v) is 23.0. The first-order chi connectivity index (χ1) is 30.4. The molecule has 0 N–H and O–H groups in total. The Hall–Kier alpha value is -5.29. The summed E-state index contributed by atoms with van der Waals surface area (Å²) in [7, 11) is -1.40. The van der Waals surface area contributed by atoms with Crippen LogP contribution in [0.3, 0.4) is 0 Å². The topological polar surface area (TPSA) is 25.8 Å². The van der Waals surface area contributed by atoms with Crippen LogP contribution in [0, 0.1) is 24.4 Å². The van der Waals surface area contributed by atoms with Gasteiger partial charge in [0.15, 0.2) is 0 Å². The molecule has 0 saturated heterocycles. The summed E-state index contributed by atoms with van der Waals surface area (Å²) in [5.41, 5.74) is 10.0. The maximum absolute atomic E-state index is 8.79. The minimum atomic E-state index is -2.19. The molecule has 0 amide bonds. The zero-order chi connectivity index (χ0) is 45.4. The van der Waals surface area contributed by atoms with Gasteiger partial charge in [-0.2, -0.15) is 11.3 Å². The first kappa shape index (κ1) is 36.5. The van der Waals surface area contributed by atoms with Crippen LogP contribution in [0.25, 0.3) is 76.1 Å².